The zero-order chi connectivity index (χ0) is 10.5. The molecule has 1 aliphatic rings. The van der Waals surface area contributed by atoms with Crippen molar-refractivity contribution in [1.82, 2.24) is 0 Å². The first-order valence-corrected chi connectivity index (χ1v) is 4.97. The van der Waals surface area contributed by atoms with E-state index >= 15 is 0 Å². The highest BCUT2D eigenvalue weighted by Gasteiger charge is 2.10. The van der Waals surface area contributed by atoms with Gasteiger partial charge in [0.2, 0.25) is 0 Å². The van der Waals surface area contributed by atoms with Gasteiger partial charge in [-0.25, -0.2) is 0 Å². The molecule has 1 heterocycles. The highest BCUT2D eigenvalue weighted by molar-refractivity contribution is 5.55. The summed E-state index contributed by atoms with van der Waals surface area (Å²) in [5, 5.41) is 3.22. The Morgan fingerprint density at radius 1 is 1.27 bits per heavy atom. The van der Waals surface area contributed by atoms with Crippen LogP contribution in [0.3, 0.4) is 0 Å². The molecule has 0 atom stereocenters. The molecule has 0 amide bonds. The van der Waals surface area contributed by atoms with Crippen LogP contribution >= 0.6 is 0 Å². The Balaban J connectivity index is 2.04. The van der Waals surface area contributed by atoms with Gasteiger partial charge in [0.15, 0.2) is 11.5 Å². The average Bonchev–Trinajstić information content (AvgIpc) is 2.29. The van der Waals surface area contributed by atoms with Gasteiger partial charge in [0.05, 0.1) is 0 Å². The molecule has 1 aliphatic heterocycles. The number of hydrogen-bond acceptors (Lipinski definition) is 3. The van der Waals surface area contributed by atoms with Crippen LogP contribution in [0.5, 0.6) is 11.5 Å². The Morgan fingerprint density at radius 2 is 2.07 bits per heavy atom. The van der Waals surface area contributed by atoms with Crippen LogP contribution < -0.4 is 14.8 Å². The van der Waals surface area contributed by atoms with Gasteiger partial charge < -0.3 is 14.8 Å². The lowest BCUT2D eigenvalue weighted by Gasteiger charge is -2.19. The number of benzene rings is 1. The first-order valence-electron chi connectivity index (χ1n) is 4.97. The molecule has 0 aromatic heterocycles. The van der Waals surface area contributed by atoms with Crippen molar-refractivity contribution in [3.63, 3.8) is 0 Å². The Bertz CT molecular complexity index is 382. The zero-order valence-corrected chi connectivity index (χ0v) is 8.45. The Labute approximate surface area is 89.4 Å². The molecule has 0 bridgehead atoms. The lowest BCUT2D eigenvalue weighted by atomic mass is 10.2. The lowest BCUT2D eigenvalue weighted by Crippen LogP contribution is -2.15. The van der Waals surface area contributed by atoms with E-state index in [1.54, 1.807) is 0 Å². The highest BCUT2D eigenvalue weighted by Crippen LogP contribution is 2.32. The fourth-order valence-electron chi connectivity index (χ4n) is 1.43. The van der Waals surface area contributed by atoms with Crippen LogP contribution in [-0.4, -0.2) is 19.8 Å². The van der Waals surface area contributed by atoms with Gasteiger partial charge in [0.25, 0.3) is 0 Å². The van der Waals surface area contributed by atoms with Crippen molar-refractivity contribution in [2.45, 2.75) is 6.42 Å². The molecule has 1 N–H and O–H groups in total. The maximum Gasteiger partial charge on any atom is 0.163 e. The second kappa shape index (κ2) is 4.61. The number of hydrogen-bond donors (Lipinski definition) is 1. The van der Waals surface area contributed by atoms with E-state index in [1.807, 2.05) is 18.2 Å². The molecule has 78 valence electrons. The maximum atomic E-state index is 5.47. The molecule has 0 aliphatic carbocycles. The fraction of sp³-hybridized carbons (Fsp3) is 0.333. The quantitative estimate of drug-likeness (QED) is 0.601. The molecule has 0 fully saturated rings. The topological polar surface area (TPSA) is 30.5 Å². The van der Waals surface area contributed by atoms with Crippen LogP contribution in [0.4, 0.5) is 5.69 Å². The highest BCUT2D eigenvalue weighted by atomic mass is 16.6. The number of rotatable bonds is 3. The van der Waals surface area contributed by atoms with Crippen LogP contribution in [0.1, 0.15) is 6.42 Å². The summed E-state index contributed by atoms with van der Waals surface area (Å²) in [6.07, 6.45) is 5.89. The van der Waals surface area contributed by atoms with Gasteiger partial charge in [-0.1, -0.05) is 0 Å². The van der Waals surface area contributed by atoms with Crippen molar-refractivity contribution in [1.29, 1.82) is 0 Å². The van der Waals surface area contributed by atoms with Crippen molar-refractivity contribution in [2.75, 3.05) is 25.1 Å². The third kappa shape index (κ3) is 2.35. The normalized spacial score (nSPS) is 13.0. The molecule has 2 rings (SSSR count). The van der Waals surface area contributed by atoms with E-state index in [2.05, 4.69) is 11.2 Å². The molecule has 3 nitrogen and oxygen atoms in total. The van der Waals surface area contributed by atoms with Crippen LogP contribution in [0.25, 0.3) is 0 Å². The second-order valence-corrected chi connectivity index (χ2v) is 3.24. The Kier molecular flexibility index (Phi) is 2.99. The lowest BCUT2D eigenvalue weighted by molar-refractivity contribution is 0.171. The summed E-state index contributed by atoms with van der Waals surface area (Å²) in [5.74, 6) is 4.19. The minimum atomic E-state index is 0.612. The molecule has 15 heavy (non-hydrogen) atoms. The van der Waals surface area contributed by atoms with E-state index in [0.29, 0.717) is 19.6 Å². The van der Waals surface area contributed by atoms with E-state index in [1.165, 1.54) is 0 Å². The minimum Gasteiger partial charge on any atom is -0.486 e. The maximum absolute atomic E-state index is 5.47. The van der Waals surface area contributed by atoms with Gasteiger partial charge in [-0.2, -0.15) is 0 Å². The summed E-state index contributed by atoms with van der Waals surface area (Å²) in [6.45, 7) is 2.01. The Morgan fingerprint density at radius 3 is 2.87 bits per heavy atom. The standard InChI is InChI=1S/C12H13NO2/c1-2-3-6-13-10-4-5-11-12(9-10)15-8-7-14-11/h1,4-5,9,13H,3,6-8H2. The molecule has 1 aromatic carbocycles. The van der Waals surface area contributed by atoms with Gasteiger partial charge in [-0.15, -0.1) is 12.3 Å². The third-order valence-corrected chi connectivity index (χ3v) is 2.14. The number of terminal acetylenes is 1. The zero-order valence-electron chi connectivity index (χ0n) is 8.45. The van der Waals surface area contributed by atoms with Crippen molar-refractivity contribution >= 4 is 5.69 Å². The van der Waals surface area contributed by atoms with Crippen molar-refractivity contribution in [3.8, 4) is 23.8 Å². The number of nitrogens with one attached hydrogen (secondary N) is 1. The first-order chi connectivity index (χ1) is 7.40. The van der Waals surface area contributed by atoms with Crippen LogP contribution in [0.15, 0.2) is 18.2 Å². The monoisotopic (exact) mass is 203 g/mol. The second-order valence-electron chi connectivity index (χ2n) is 3.24. The van der Waals surface area contributed by atoms with Crippen molar-refractivity contribution < 1.29 is 9.47 Å². The van der Waals surface area contributed by atoms with Gasteiger partial charge in [0, 0.05) is 24.7 Å². The summed E-state index contributed by atoms with van der Waals surface area (Å²) in [5.41, 5.74) is 1.01. The predicted octanol–water partition coefficient (Wildman–Crippen LogP) is 1.89. The van der Waals surface area contributed by atoms with Crippen molar-refractivity contribution in [3.05, 3.63) is 18.2 Å². The molecule has 0 spiro atoms. The molecule has 1 aromatic rings. The first kappa shape index (κ1) is 9.72. The van der Waals surface area contributed by atoms with Gasteiger partial charge in [-0.05, 0) is 12.1 Å². The van der Waals surface area contributed by atoms with Gasteiger partial charge >= 0.3 is 0 Å². The molecule has 0 unspecified atom stereocenters. The number of ether oxygens (including phenoxy) is 2. The van der Waals surface area contributed by atoms with Gasteiger partial charge in [0.1, 0.15) is 13.2 Å². The summed E-state index contributed by atoms with van der Waals surface area (Å²) >= 11 is 0. The molecule has 0 saturated carbocycles. The van der Waals surface area contributed by atoms with E-state index in [0.717, 1.165) is 23.7 Å². The molecule has 0 saturated heterocycles. The summed E-state index contributed by atoms with van der Waals surface area (Å²) in [6, 6.07) is 5.81. The Hall–Kier alpha value is -1.82. The van der Waals surface area contributed by atoms with Crippen LogP contribution in [0, 0.1) is 12.3 Å². The predicted molar refractivity (Wildman–Crippen MR) is 59.4 cm³/mol. The summed E-state index contributed by atoms with van der Waals surface area (Å²) in [4.78, 5) is 0. The van der Waals surface area contributed by atoms with E-state index in [9.17, 15) is 0 Å². The van der Waals surface area contributed by atoms with E-state index < -0.39 is 0 Å². The number of anilines is 1. The number of fused-ring (bicyclic) bond motifs is 1. The molecular formula is C12H13NO2. The van der Waals surface area contributed by atoms with Crippen LogP contribution in [0.2, 0.25) is 0 Å². The van der Waals surface area contributed by atoms with Gasteiger partial charge in [-0.3, -0.25) is 0 Å². The third-order valence-electron chi connectivity index (χ3n) is 2.14. The summed E-state index contributed by atoms with van der Waals surface area (Å²) < 4.78 is 10.9. The smallest absolute Gasteiger partial charge is 0.163 e. The minimum absolute atomic E-state index is 0.612. The fourth-order valence-corrected chi connectivity index (χ4v) is 1.43. The average molecular weight is 203 g/mol. The van der Waals surface area contributed by atoms with Crippen LogP contribution in [-0.2, 0) is 0 Å². The largest absolute Gasteiger partial charge is 0.486 e. The molecule has 3 heteroatoms. The molecular weight excluding hydrogens is 190 g/mol. The summed E-state index contributed by atoms with van der Waals surface area (Å²) in [7, 11) is 0. The van der Waals surface area contributed by atoms with Crippen molar-refractivity contribution in [2.24, 2.45) is 0 Å². The van der Waals surface area contributed by atoms with E-state index in [4.69, 9.17) is 15.9 Å². The molecule has 0 radical (unpaired) electrons. The van der Waals surface area contributed by atoms with E-state index in [-0.39, 0.29) is 0 Å². The SMILES string of the molecule is C#CCCNc1ccc2c(c1)OCCO2.